The number of carbonyl (C=O) groups is 1. The number of benzene rings is 2. The quantitative estimate of drug-likeness (QED) is 0.711. The van der Waals surface area contributed by atoms with E-state index in [0.717, 1.165) is 16.8 Å². The number of hydrogen-bond acceptors (Lipinski definition) is 4. The molecule has 3 rings (SSSR count). The van der Waals surface area contributed by atoms with Gasteiger partial charge in [0.1, 0.15) is 5.82 Å². The van der Waals surface area contributed by atoms with Crippen LogP contribution in [-0.2, 0) is 0 Å². The Morgan fingerprint density at radius 1 is 1.26 bits per heavy atom. The predicted octanol–water partition coefficient (Wildman–Crippen LogP) is 4.60. The first kappa shape index (κ1) is 15.2. The third-order valence-corrected chi connectivity index (χ3v) is 4.02. The fraction of sp³-hybridized carbons (Fsp3) is 0. The summed E-state index contributed by atoms with van der Waals surface area (Å²) in [5.74, 6) is -0.603. The molecule has 0 radical (unpaired) electrons. The second kappa shape index (κ2) is 6.20. The van der Waals surface area contributed by atoms with Crippen LogP contribution in [0.2, 0.25) is 5.02 Å². The topological polar surface area (TPSA) is 77.8 Å². The minimum Gasteiger partial charge on any atom is -0.308 e. The third kappa shape index (κ3) is 3.56. The highest BCUT2D eigenvalue weighted by atomic mass is 35.5. The standard InChI is InChI=1S/C15H8ClFN4OS/c16-9-1-2-12-13(5-9)23-15(20-12)21-14(22)19-11-4-8(7-18)3-10(17)6-11/h1-6H,(H2,19,20,21,22). The van der Waals surface area contributed by atoms with Crippen molar-refractivity contribution in [2.75, 3.05) is 10.6 Å². The first-order valence-electron chi connectivity index (χ1n) is 6.38. The highest BCUT2D eigenvalue weighted by Gasteiger charge is 2.09. The molecule has 0 spiro atoms. The van der Waals surface area contributed by atoms with Crippen molar-refractivity contribution in [2.45, 2.75) is 0 Å². The van der Waals surface area contributed by atoms with Gasteiger partial charge < -0.3 is 5.32 Å². The van der Waals surface area contributed by atoms with Crippen LogP contribution in [0.4, 0.5) is 20.0 Å². The number of aromatic nitrogens is 1. The lowest BCUT2D eigenvalue weighted by atomic mass is 10.2. The summed E-state index contributed by atoms with van der Waals surface area (Å²) >= 11 is 7.17. The number of rotatable bonds is 2. The first-order valence-corrected chi connectivity index (χ1v) is 7.58. The summed E-state index contributed by atoms with van der Waals surface area (Å²) < 4.78 is 14.2. The van der Waals surface area contributed by atoms with E-state index in [-0.39, 0.29) is 11.3 Å². The van der Waals surface area contributed by atoms with E-state index in [2.05, 4.69) is 15.6 Å². The molecule has 5 nitrogen and oxygen atoms in total. The number of hydrogen-bond donors (Lipinski definition) is 2. The molecule has 8 heteroatoms. The number of fused-ring (bicyclic) bond motifs is 1. The van der Waals surface area contributed by atoms with Gasteiger partial charge in [0.15, 0.2) is 5.13 Å². The molecule has 0 saturated heterocycles. The Balaban J connectivity index is 1.76. The molecular weight excluding hydrogens is 339 g/mol. The molecule has 1 heterocycles. The van der Waals surface area contributed by atoms with Crippen LogP contribution in [0.3, 0.4) is 0 Å². The maximum absolute atomic E-state index is 13.3. The van der Waals surface area contributed by atoms with Crippen molar-refractivity contribution in [3.05, 3.63) is 52.8 Å². The highest BCUT2D eigenvalue weighted by molar-refractivity contribution is 7.22. The zero-order valence-corrected chi connectivity index (χ0v) is 13.0. The summed E-state index contributed by atoms with van der Waals surface area (Å²) in [6.07, 6.45) is 0. The molecule has 0 aliphatic rings. The Kier molecular flexibility index (Phi) is 4.10. The molecule has 0 fully saturated rings. The summed E-state index contributed by atoms with van der Waals surface area (Å²) in [5, 5.41) is 14.8. The van der Waals surface area contributed by atoms with Crippen LogP contribution in [0, 0.1) is 17.1 Å². The second-order valence-electron chi connectivity index (χ2n) is 4.55. The van der Waals surface area contributed by atoms with Gasteiger partial charge in [-0.25, -0.2) is 14.2 Å². The average Bonchev–Trinajstić information content (AvgIpc) is 2.87. The normalized spacial score (nSPS) is 10.3. The Morgan fingerprint density at radius 3 is 2.87 bits per heavy atom. The van der Waals surface area contributed by atoms with Crippen molar-refractivity contribution in [3.8, 4) is 6.07 Å². The Hall–Kier alpha value is -2.69. The van der Waals surface area contributed by atoms with E-state index < -0.39 is 11.8 Å². The summed E-state index contributed by atoms with van der Waals surface area (Å²) in [6.45, 7) is 0. The summed E-state index contributed by atoms with van der Waals surface area (Å²) in [5.41, 5.74) is 1.02. The van der Waals surface area contributed by atoms with Crippen molar-refractivity contribution < 1.29 is 9.18 Å². The Morgan fingerprint density at radius 2 is 2.09 bits per heavy atom. The summed E-state index contributed by atoms with van der Waals surface area (Å²) in [6, 6.07) is 10.0. The van der Waals surface area contributed by atoms with Gasteiger partial charge in [-0.3, -0.25) is 5.32 Å². The van der Waals surface area contributed by atoms with Crippen LogP contribution in [0.25, 0.3) is 10.2 Å². The van der Waals surface area contributed by atoms with Gasteiger partial charge >= 0.3 is 6.03 Å². The molecule has 0 saturated carbocycles. The molecule has 114 valence electrons. The number of nitriles is 1. The number of amides is 2. The van der Waals surface area contributed by atoms with Gasteiger partial charge in [0.05, 0.1) is 21.8 Å². The molecule has 2 amide bonds. The first-order chi connectivity index (χ1) is 11.0. The van der Waals surface area contributed by atoms with E-state index in [9.17, 15) is 9.18 Å². The maximum Gasteiger partial charge on any atom is 0.325 e. The average molecular weight is 347 g/mol. The number of thiazole rings is 1. The molecular formula is C15H8ClFN4OS. The van der Waals surface area contributed by atoms with E-state index >= 15 is 0 Å². The maximum atomic E-state index is 13.3. The molecule has 2 N–H and O–H groups in total. The van der Waals surface area contributed by atoms with E-state index in [1.807, 2.05) is 6.07 Å². The lowest BCUT2D eigenvalue weighted by Gasteiger charge is -2.05. The van der Waals surface area contributed by atoms with Gasteiger partial charge in [-0.05, 0) is 36.4 Å². The summed E-state index contributed by atoms with van der Waals surface area (Å²) in [4.78, 5) is 16.2. The van der Waals surface area contributed by atoms with Crippen molar-refractivity contribution in [2.24, 2.45) is 0 Å². The number of anilines is 2. The van der Waals surface area contributed by atoms with Gasteiger partial charge in [0.25, 0.3) is 0 Å². The van der Waals surface area contributed by atoms with E-state index in [1.165, 1.54) is 17.4 Å². The minimum absolute atomic E-state index is 0.120. The molecule has 0 aliphatic carbocycles. The molecule has 0 bridgehead atoms. The van der Waals surface area contributed by atoms with Gasteiger partial charge in [0, 0.05) is 10.7 Å². The predicted molar refractivity (Wildman–Crippen MR) is 88.4 cm³/mol. The second-order valence-corrected chi connectivity index (χ2v) is 6.02. The molecule has 23 heavy (non-hydrogen) atoms. The van der Waals surface area contributed by atoms with Crippen LogP contribution in [-0.4, -0.2) is 11.0 Å². The number of nitrogens with one attached hydrogen (secondary N) is 2. The fourth-order valence-electron chi connectivity index (χ4n) is 1.94. The van der Waals surface area contributed by atoms with Crippen molar-refractivity contribution in [1.29, 1.82) is 5.26 Å². The molecule has 3 aromatic rings. The van der Waals surface area contributed by atoms with E-state index in [0.29, 0.717) is 15.7 Å². The Labute approximate surface area is 139 Å². The summed E-state index contributed by atoms with van der Waals surface area (Å²) in [7, 11) is 0. The molecule has 0 unspecified atom stereocenters. The van der Waals surface area contributed by atoms with Gasteiger partial charge in [-0.15, -0.1) is 0 Å². The van der Waals surface area contributed by atoms with Crippen LogP contribution < -0.4 is 10.6 Å². The number of urea groups is 1. The zero-order chi connectivity index (χ0) is 16.4. The minimum atomic E-state index is -0.603. The molecule has 0 atom stereocenters. The van der Waals surface area contributed by atoms with Crippen LogP contribution in [0.5, 0.6) is 0 Å². The van der Waals surface area contributed by atoms with Gasteiger partial charge in [-0.1, -0.05) is 22.9 Å². The lowest BCUT2D eigenvalue weighted by Crippen LogP contribution is -2.19. The van der Waals surface area contributed by atoms with Crippen LogP contribution in [0.1, 0.15) is 5.56 Å². The zero-order valence-electron chi connectivity index (χ0n) is 11.4. The van der Waals surface area contributed by atoms with Crippen molar-refractivity contribution in [1.82, 2.24) is 4.98 Å². The van der Waals surface area contributed by atoms with Crippen LogP contribution >= 0.6 is 22.9 Å². The number of carbonyl (C=O) groups excluding carboxylic acids is 1. The number of halogens is 2. The monoisotopic (exact) mass is 346 g/mol. The van der Waals surface area contributed by atoms with E-state index in [1.54, 1.807) is 18.2 Å². The van der Waals surface area contributed by atoms with Crippen molar-refractivity contribution >= 4 is 50.0 Å². The lowest BCUT2D eigenvalue weighted by molar-refractivity contribution is 0.262. The fourth-order valence-corrected chi connectivity index (χ4v) is 3.07. The number of nitrogens with zero attached hydrogens (tertiary/aromatic N) is 2. The SMILES string of the molecule is N#Cc1cc(F)cc(NC(=O)Nc2nc3ccc(Cl)cc3s2)c1. The largest absolute Gasteiger partial charge is 0.325 e. The van der Waals surface area contributed by atoms with E-state index in [4.69, 9.17) is 16.9 Å². The van der Waals surface area contributed by atoms with Crippen molar-refractivity contribution in [3.63, 3.8) is 0 Å². The smallest absolute Gasteiger partial charge is 0.308 e. The van der Waals surface area contributed by atoms with Crippen LogP contribution in [0.15, 0.2) is 36.4 Å². The molecule has 2 aromatic carbocycles. The highest BCUT2D eigenvalue weighted by Crippen LogP contribution is 2.28. The van der Waals surface area contributed by atoms with Gasteiger partial charge in [0.2, 0.25) is 0 Å². The third-order valence-electron chi connectivity index (χ3n) is 2.86. The Bertz CT molecular complexity index is 950. The molecule has 1 aromatic heterocycles. The molecule has 0 aliphatic heterocycles. The van der Waals surface area contributed by atoms with Gasteiger partial charge in [-0.2, -0.15) is 5.26 Å².